The van der Waals surface area contributed by atoms with E-state index in [4.69, 9.17) is 11.6 Å². The number of benzene rings is 2. The number of aromatic nitrogens is 5. The average Bonchev–Trinajstić information content (AvgIpc) is 3.47. The van der Waals surface area contributed by atoms with Crippen molar-refractivity contribution >= 4 is 33.9 Å². The number of nitriles is 2. The van der Waals surface area contributed by atoms with Gasteiger partial charge in [0.2, 0.25) is 0 Å². The molecule has 5 aromatic rings. The summed E-state index contributed by atoms with van der Waals surface area (Å²) in [4.78, 5) is 8.57. The van der Waals surface area contributed by atoms with E-state index in [1.165, 1.54) is 10.9 Å². The molecule has 2 N–H and O–H groups in total. The molecule has 10 heteroatoms. The molecule has 9 nitrogen and oxygen atoms in total. The Morgan fingerprint density at radius 2 is 1.95 bits per heavy atom. The number of nitrogens with one attached hydrogen (secondary N) is 2. The monoisotopic (exact) mass is 548 g/mol. The molecule has 198 valence electrons. The lowest BCUT2D eigenvalue weighted by atomic mass is 9.96. The van der Waals surface area contributed by atoms with Gasteiger partial charge in [0.25, 0.3) is 0 Å². The molecule has 0 saturated heterocycles. The predicted molar refractivity (Wildman–Crippen MR) is 155 cm³/mol. The molecule has 0 spiro atoms. The van der Waals surface area contributed by atoms with Gasteiger partial charge in [0.05, 0.1) is 58.9 Å². The molecule has 3 aromatic heterocycles. The molecule has 40 heavy (non-hydrogen) atoms. The molecule has 3 heterocycles. The van der Waals surface area contributed by atoms with Crippen LogP contribution in [-0.2, 0) is 0 Å². The molecule has 0 saturated carbocycles. The highest BCUT2D eigenvalue weighted by Crippen LogP contribution is 2.36. The van der Waals surface area contributed by atoms with Gasteiger partial charge in [-0.25, -0.2) is 4.68 Å². The van der Waals surface area contributed by atoms with Crippen LogP contribution in [0.2, 0.25) is 5.02 Å². The first kappa shape index (κ1) is 25.3. The SMILES string of the molecule is [2H]C(Nc1cc(Cl)c2ncc(C#N)c(NCC(C)(C)C)c2c1)(c1cccc(C#N)c1)c1cn(-c2cccnc2)nn1. The van der Waals surface area contributed by atoms with Crippen molar-refractivity contribution in [2.24, 2.45) is 5.41 Å². The molecule has 0 aliphatic heterocycles. The maximum atomic E-state index is 9.82. The molecular formula is C30H26ClN9. The van der Waals surface area contributed by atoms with E-state index in [0.29, 0.717) is 56.2 Å². The van der Waals surface area contributed by atoms with Gasteiger partial charge in [-0.05, 0) is 47.4 Å². The molecule has 1 unspecified atom stereocenters. The maximum Gasteiger partial charge on any atom is 0.110 e. The Morgan fingerprint density at radius 1 is 1.10 bits per heavy atom. The molecule has 0 aliphatic carbocycles. The molecule has 0 radical (unpaired) electrons. The van der Waals surface area contributed by atoms with Gasteiger partial charge in [0.15, 0.2) is 0 Å². The number of hydrogen-bond acceptors (Lipinski definition) is 8. The summed E-state index contributed by atoms with van der Waals surface area (Å²) in [6.07, 6.45) is 6.45. The average molecular weight is 549 g/mol. The number of nitrogens with zero attached hydrogens (tertiary/aromatic N) is 7. The summed E-state index contributed by atoms with van der Waals surface area (Å²) >= 11 is 6.72. The van der Waals surface area contributed by atoms with Crippen molar-refractivity contribution in [3.05, 3.63) is 101 Å². The smallest absolute Gasteiger partial charge is 0.110 e. The summed E-state index contributed by atoms with van der Waals surface area (Å²) in [6.45, 7) is 6.89. The number of pyridine rings is 2. The van der Waals surface area contributed by atoms with E-state index in [-0.39, 0.29) is 11.1 Å². The lowest BCUT2D eigenvalue weighted by Gasteiger charge is -2.22. The van der Waals surface area contributed by atoms with Crippen molar-refractivity contribution in [2.75, 3.05) is 17.2 Å². The first-order valence-corrected chi connectivity index (χ1v) is 12.9. The highest BCUT2D eigenvalue weighted by Gasteiger charge is 2.21. The predicted octanol–water partition coefficient (Wildman–Crippen LogP) is 6.27. The van der Waals surface area contributed by atoms with Gasteiger partial charge in [-0.2, -0.15) is 10.5 Å². The van der Waals surface area contributed by atoms with Crippen LogP contribution in [0.5, 0.6) is 0 Å². The minimum Gasteiger partial charge on any atom is -0.383 e. The van der Waals surface area contributed by atoms with Crippen LogP contribution in [-0.4, -0.2) is 31.5 Å². The molecular weight excluding hydrogens is 522 g/mol. The zero-order valence-electron chi connectivity index (χ0n) is 23.1. The Bertz CT molecular complexity index is 1820. The number of fused-ring (bicyclic) bond motifs is 1. The zero-order valence-corrected chi connectivity index (χ0v) is 22.9. The molecule has 1 atom stereocenters. The lowest BCUT2D eigenvalue weighted by molar-refractivity contribution is 0.443. The fraction of sp³-hybridized carbons (Fsp3) is 0.200. The lowest BCUT2D eigenvalue weighted by Crippen LogP contribution is -2.20. The van der Waals surface area contributed by atoms with Crippen LogP contribution in [0, 0.1) is 28.1 Å². The fourth-order valence-electron chi connectivity index (χ4n) is 4.13. The van der Waals surface area contributed by atoms with Gasteiger partial charge in [0, 0.05) is 30.0 Å². The van der Waals surface area contributed by atoms with Crippen molar-refractivity contribution in [1.82, 2.24) is 25.0 Å². The summed E-state index contributed by atoms with van der Waals surface area (Å²) in [5.41, 5.74) is 3.79. The van der Waals surface area contributed by atoms with Gasteiger partial charge >= 0.3 is 0 Å². The molecule has 2 aromatic carbocycles. The van der Waals surface area contributed by atoms with Crippen molar-refractivity contribution in [3.63, 3.8) is 0 Å². The third kappa shape index (κ3) is 5.70. The van der Waals surface area contributed by atoms with Gasteiger partial charge in [-0.3, -0.25) is 9.97 Å². The van der Waals surface area contributed by atoms with Gasteiger partial charge in [-0.1, -0.05) is 49.7 Å². The number of rotatable bonds is 7. The van der Waals surface area contributed by atoms with E-state index < -0.39 is 6.02 Å². The van der Waals surface area contributed by atoms with Crippen molar-refractivity contribution in [3.8, 4) is 17.8 Å². The van der Waals surface area contributed by atoms with E-state index in [1.54, 1.807) is 55.0 Å². The third-order valence-corrected chi connectivity index (χ3v) is 6.34. The summed E-state index contributed by atoms with van der Waals surface area (Å²) in [5, 5.41) is 35.6. The standard InChI is InChI=1S/C30H26ClN9/c1-30(2,3)18-36-27-21(14-33)15-35-29-24(27)11-22(12-25(29)31)37-28(20-7-4-6-19(10-20)13-32)26-17-40(39-38-26)23-8-5-9-34-16-23/h4-12,15-17,28,37H,18H2,1-3H3,(H,35,36)/i28D. The summed E-state index contributed by atoms with van der Waals surface area (Å²) in [7, 11) is 0. The Morgan fingerprint density at radius 3 is 2.67 bits per heavy atom. The van der Waals surface area contributed by atoms with Crippen LogP contribution < -0.4 is 10.6 Å². The van der Waals surface area contributed by atoms with Gasteiger partial charge < -0.3 is 10.6 Å². The zero-order chi connectivity index (χ0) is 29.2. The van der Waals surface area contributed by atoms with Crippen LogP contribution in [0.25, 0.3) is 16.6 Å². The second-order valence-corrected chi connectivity index (χ2v) is 10.8. The fourth-order valence-corrected chi connectivity index (χ4v) is 4.40. The second kappa shape index (κ2) is 11.0. The quantitative estimate of drug-likeness (QED) is 0.243. The molecule has 0 aliphatic rings. The van der Waals surface area contributed by atoms with Crippen LogP contribution >= 0.6 is 11.6 Å². The van der Waals surface area contributed by atoms with E-state index in [0.717, 1.165) is 0 Å². The Balaban J connectivity index is 1.65. The minimum absolute atomic E-state index is 0.0514. The summed E-state index contributed by atoms with van der Waals surface area (Å²) in [6, 6.07) is 16.5. The van der Waals surface area contributed by atoms with Gasteiger partial charge in [0.1, 0.15) is 11.8 Å². The maximum absolute atomic E-state index is 9.82. The topological polar surface area (TPSA) is 128 Å². The van der Waals surface area contributed by atoms with Crippen LogP contribution in [0.15, 0.2) is 73.3 Å². The van der Waals surface area contributed by atoms with E-state index >= 15 is 0 Å². The van der Waals surface area contributed by atoms with E-state index in [2.05, 4.69) is 63.8 Å². The van der Waals surface area contributed by atoms with Crippen LogP contribution in [0.1, 0.15) is 50.5 Å². The summed E-state index contributed by atoms with van der Waals surface area (Å²) in [5.74, 6) is 0. The minimum atomic E-state index is -1.68. The summed E-state index contributed by atoms with van der Waals surface area (Å²) < 4.78 is 11.2. The Kier molecular flexibility index (Phi) is 6.96. The third-order valence-electron chi connectivity index (χ3n) is 6.05. The van der Waals surface area contributed by atoms with Crippen molar-refractivity contribution in [1.29, 1.82) is 10.5 Å². The Hall–Kier alpha value is -4.99. The molecule has 0 bridgehead atoms. The highest BCUT2D eigenvalue weighted by molar-refractivity contribution is 6.35. The normalized spacial score (nSPS) is 13.1. The highest BCUT2D eigenvalue weighted by atomic mass is 35.5. The number of hydrogen-bond donors (Lipinski definition) is 2. The second-order valence-electron chi connectivity index (χ2n) is 10.4. The number of halogens is 1. The first-order valence-electron chi connectivity index (χ1n) is 13.0. The van der Waals surface area contributed by atoms with E-state index in [1.807, 2.05) is 12.1 Å². The van der Waals surface area contributed by atoms with Crippen LogP contribution in [0.4, 0.5) is 11.4 Å². The molecule has 5 rings (SSSR count). The largest absolute Gasteiger partial charge is 0.383 e. The van der Waals surface area contributed by atoms with Gasteiger partial charge in [-0.15, -0.1) is 5.10 Å². The van der Waals surface area contributed by atoms with Crippen molar-refractivity contribution < 1.29 is 1.37 Å². The van der Waals surface area contributed by atoms with E-state index in [9.17, 15) is 11.9 Å². The molecule has 0 fully saturated rings. The van der Waals surface area contributed by atoms with Crippen molar-refractivity contribution in [2.45, 2.75) is 26.8 Å². The number of anilines is 2. The molecule has 0 amide bonds. The van der Waals surface area contributed by atoms with Crippen LogP contribution in [0.3, 0.4) is 0 Å². The first-order chi connectivity index (χ1) is 19.6. The Labute approximate surface area is 238 Å².